The predicted molar refractivity (Wildman–Crippen MR) is 73.2 cm³/mol. The number of halogens is 1. The molecule has 0 bridgehead atoms. The summed E-state index contributed by atoms with van der Waals surface area (Å²) < 4.78 is 13.4. The number of hydrogen-bond acceptors (Lipinski definition) is 3. The Balaban J connectivity index is 2.20. The minimum absolute atomic E-state index is 0.0735. The standard InChI is InChI=1S/C15H20FNO3/c1-3-9-7-17(8-10(9)4-2)15(20)11-5-12(16)14(19)13(18)6-11/h5-6,9-10,18-19H,3-4,7-8H2,1-2H3/t9-,10+. The van der Waals surface area contributed by atoms with Gasteiger partial charge in [0, 0.05) is 18.7 Å². The highest BCUT2D eigenvalue weighted by Crippen LogP contribution is 2.32. The second-order valence-corrected chi connectivity index (χ2v) is 5.37. The van der Waals surface area contributed by atoms with E-state index < -0.39 is 17.3 Å². The van der Waals surface area contributed by atoms with E-state index in [1.807, 2.05) is 0 Å². The largest absolute Gasteiger partial charge is 0.504 e. The molecule has 0 unspecified atom stereocenters. The number of carbonyl (C=O) groups is 1. The average Bonchev–Trinajstić information content (AvgIpc) is 2.86. The first-order valence-electron chi connectivity index (χ1n) is 6.98. The maximum atomic E-state index is 13.4. The van der Waals surface area contributed by atoms with E-state index in [2.05, 4.69) is 13.8 Å². The molecule has 1 fully saturated rings. The summed E-state index contributed by atoms with van der Waals surface area (Å²) in [5, 5.41) is 18.6. The molecule has 2 atom stereocenters. The average molecular weight is 281 g/mol. The van der Waals surface area contributed by atoms with Crippen LogP contribution >= 0.6 is 0 Å². The van der Waals surface area contributed by atoms with Gasteiger partial charge in [-0.15, -0.1) is 0 Å². The number of carbonyl (C=O) groups excluding carboxylic acids is 1. The zero-order valence-electron chi connectivity index (χ0n) is 11.8. The minimum atomic E-state index is -0.980. The second kappa shape index (κ2) is 5.69. The van der Waals surface area contributed by atoms with Gasteiger partial charge in [0.1, 0.15) is 0 Å². The van der Waals surface area contributed by atoms with Crippen LogP contribution in [0.4, 0.5) is 4.39 Å². The molecule has 1 amide bonds. The Hall–Kier alpha value is -1.78. The van der Waals surface area contributed by atoms with Crippen molar-refractivity contribution in [1.29, 1.82) is 0 Å². The van der Waals surface area contributed by atoms with Gasteiger partial charge in [-0.05, 0) is 24.0 Å². The Morgan fingerprint density at radius 2 is 1.80 bits per heavy atom. The van der Waals surface area contributed by atoms with Gasteiger partial charge in [-0.25, -0.2) is 4.39 Å². The normalized spacial score (nSPS) is 22.2. The first kappa shape index (κ1) is 14.6. The molecular weight excluding hydrogens is 261 g/mol. The number of rotatable bonds is 3. The van der Waals surface area contributed by atoms with Gasteiger partial charge in [0.15, 0.2) is 17.3 Å². The quantitative estimate of drug-likeness (QED) is 0.837. The van der Waals surface area contributed by atoms with Crippen LogP contribution in [-0.2, 0) is 0 Å². The van der Waals surface area contributed by atoms with Crippen LogP contribution in [-0.4, -0.2) is 34.1 Å². The van der Waals surface area contributed by atoms with Crippen LogP contribution in [0.15, 0.2) is 12.1 Å². The Morgan fingerprint density at radius 3 is 2.25 bits per heavy atom. The Morgan fingerprint density at radius 1 is 1.25 bits per heavy atom. The Kier molecular flexibility index (Phi) is 4.16. The van der Waals surface area contributed by atoms with Crippen LogP contribution in [0.1, 0.15) is 37.0 Å². The molecule has 110 valence electrons. The van der Waals surface area contributed by atoms with Crippen molar-refractivity contribution >= 4 is 5.91 Å². The highest BCUT2D eigenvalue weighted by Gasteiger charge is 2.33. The van der Waals surface area contributed by atoms with Gasteiger partial charge in [0.2, 0.25) is 0 Å². The van der Waals surface area contributed by atoms with E-state index in [0.29, 0.717) is 24.9 Å². The fraction of sp³-hybridized carbons (Fsp3) is 0.533. The van der Waals surface area contributed by atoms with E-state index in [9.17, 15) is 19.4 Å². The van der Waals surface area contributed by atoms with E-state index in [0.717, 1.165) is 25.0 Å². The monoisotopic (exact) mass is 281 g/mol. The lowest BCUT2D eigenvalue weighted by atomic mass is 9.92. The van der Waals surface area contributed by atoms with Gasteiger partial charge >= 0.3 is 0 Å². The number of aromatic hydroxyl groups is 2. The molecule has 1 heterocycles. The van der Waals surface area contributed by atoms with E-state index in [-0.39, 0.29) is 11.5 Å². The summed E-state index contributed by atoms with van der Waals surface area (Å²) in [5.41, 5.74) is 0.0735. The molecule has 1 saturated heterocycles. The fourth-order valence-electron chi connectivity index (χ4n) is 2.92. The third kappa shape index (κ3) is 2.57. The molecule has 2 rings (SSSR count). The molecule has 1 aromatic carbocycles. The minimum Gasteiger partial charge on any atom is -0.504 e. The van der Waals surface area contributed by atoms with Crippen LogP contribution in [0.3, 0.4) is 0 Å². The topological polar surface area (TPSA) is 60.8 Å². The molecule has 1 aliphatic heterocycles. The number of phenolic OH excluding ortho intramolecular Hbond substituents is 2. The molecule has 20 heavy (non-hydrogen) atoms. The summed E-state index contributed by atoms with van der Waals surface area (Å²) in [7, 11) is 0. The lowest BCUT2D eigenvalue weighted by Gasteiger charge is -2.16. The number of hydrogen-bond donors (Lipinski definition) is 2. The van der Waals surface area contributed by atoms with Crippen molar-refractivity contribution in [2.75, 3.05) is 13.1 Å². The Labute approximate surface area is 117 Å². The number of benzene rings is 1. The van der Waals surface area contributed by atoms with Crippen molar-refractivity contribution in [2.24, 2.45) is 11.8 Å². The van der Waals surface area contributed by atoms with Crippen molar-refractivity contribution in [2.45, 2.75) is 26.7 Å². The van der Waals surface area contributed by atoms with Gasteiger partial charge in [0.05, 0.1) is 0 Å². The maximum Gasteiger partial charge on any atom is 0.254 e. The lowest BCUT2D eigenvalue weighted by molar-refractivity contribution is 0.0782. The van der Waals surface area contributed by atoms with Gasteiger partial charge in [-0.1, -0.05) is 26.7 Å². The molecule has 1 aromatic rings. The van der Waals surface area contributed by atoms with Crippen molar-refractivity contribution in [1.82, 2.24) is 4.90 Å². The smallest absolute Gasteiger partial charge is 0.254 e. The van der Waals surface area contributed by atoms with Crippen LogP contribution in [0.25, 0.3) is 0 Å². The first-order valence-corrected chi connectivity index (χ1v) is 6.98. The van der Waals surface area contributed by atoms with Crippen molar-refractivity contribution < 1.29 is 19.4 Å². The summed E-state index contributed by atoms with van der Waals surface area (Å²) >= 11 is 0. The second-order valence-electron chi connectivity index (χ2n) is 5.37. The summed E-state index contributed by atoms with van der Waals surface area (Å²) in [6, 6.07) is 2.08. The van der Waals surface area contributed by atoms with E-state index in [1.165, 1.54) is 0 Å². The molecule has 5 heteroatoms. The number of amides is 1. The molecule has 1 aliphatic rings. The molecule has 0 saturated carbocycles. The molecule has 0 aromatic heterocycles. The van der Waals surface area contributed by atoms with E-state index in [1.54, 1.807) is 4.90 Å². The summed E-state index contributed by atoms with van der Waals surface area (Å²) in [5.74, 6) is -1.76. The van der Waals surface area contributed by atoms with Crippen LogP contribution in [0.5, 0.6) is 11.5 Å². The predicted octanol–water partition coefficient (Wildman–Crippen LogP) is 2.75. The van der Waals surface area contributed by atoms with Gasteiger partial charge in [-0.2, -0.15) is 0 Å². The fourth-order valence-corrected chi connectivity index (χ4v) is 2.92. The lowest BCUT2D eigenvalue weighted by Crippen LogP contribution is -2.29. The van der Waals surface area contributed by atoms with Crippen molar-refractivity contribution in [3.8, 4) is 11.5 Å². The maximum absolute atomic E-state index is 13.4. The van der Waals surface area contributed by atoms with Crippen LogP contribution < -0.4 is 0 Å². The first-order chi connectivity index (χ1) is 9.47. The molecule has 2 N–H and O–H groups in total. The molecule has 0 radical (unpaired) electrons. The number of phenols is 2. The number of likely N-dealkylation sites (tertiary alicyclic amines) is 1. The highest BCUT2D eigenvalue weighted by atomic mass is 19.1. The summed E-state index contributed by atoms with van der Waals surface area (Å²) in [4.78, 5) is 14.1. The summed E-state index contributed by atoms with van der Waals surface area (Å²) in [6.07, 6.45) is 2.02. The van der Waals surface area contributed by atoms with Crippen LogP contribution in [0.2, 0.25) is 0 Å². The molecule has 0 spiro atoms. The zero-order valence-corrected chi connectivity index (χ0v) is 11.8. The van der Waals surface area contributed by atoms with Gasteiger partial charge in [0.25, 0.3) is 5.91 Å². The van der Waals surface area contributed by atoms with Crippen molar-refractivity contribution in [3.63, 3.8) is 0 Å². The third-order valence-corrected chi connectivity index (χ3v) is 4.20. The van der Waals surface area contributed by atoms with E-state index in [4.69, 9.17) is 0 Å². The summed E-state index contributed by atoms with van der Waals surface area (Å²) in [6.45, 7) is 5.54. The van der Waals surface area contributed by atoms with Gasteiger partial charge in [-0.3, -0.25) is 4.79 Å². The van der Waals surface area contributed by atoms with Crippen LogP contribution in [0, 0.1) is 17.7 Å². The zero-order chi connectivity index (χ0) is 14.9. The SMILES string of the molecule is CC[C@@H]1CN(C(=O)c2cc(O)c(O)c(F)c2)C[C@@H]1CC. The third-order valence-electron chi connectivity index (χ3n) is 4.20. The number of nitrogens with zero attached hydrogens (tertiary/aromatic N) is 1. The molecule has 4 nitrogen and oxygen atoms in total. The highest BCUT2D eigenvalue weighted by molar-refractivity contribution is 5.95. The Bertz CT molecular complexity index is 483. The van der Waals surface area contributed by atoms with Gasteiger partial charge < -0.3 is 15.1 Å². The van der Waals surface area contributed by atoms with Crippen molar-refractivity contribution in [3.05, 3.63) is 23.5 Å². The molecular formula is C15H20FNO3. The van der Waals surface area contributed by atoms with E-state index >= 15 is 0 Å². The molecule has 0 aliphatic carbocycles.